The van der Waals surface area contributed by atoms with Crippen LogP contribution in [0, 0.1) is 0 Å². The van der Waals surface area contributed by atoms with E-state index in [1.807, 2.05) is 48.7 Å². The Labute approximate surface area is 179 Å². The van der Waals surface area contributed by atoms with Crippen molar-refractivity contribution in [2.75, 3.05) is 26.5 Å². The molecule has 0 saturated carbocycles. The molecule has 1 N–H and O–H groups in total. The van der Waals surface area contributed by atoms with Crippen LogP contribution in [0.1, 0.15) is 23.2 Å². The molecule has 0 bridgehead atoms. The van der Waals surface area contributed by atoms with Crippen molar-refractivity contribution >= 4 is 34.3 Å². The molecule has 1 aliphatic heterocycles. The van der Waals surface area contributed by atoms with E-state index in [4.69, 9.17) is 13.9 Å². The van der Waals surface area contributed by atoms with Crippen LogP contribution in [0.4, 0.5) is 5.69 Å². The summed E-state index contributed by atoms with van der Waals surface area (Å²) in [6.07, 6.45) is 4.05. The van der Waals surface area contributed by atoms with Crippen molar-refractivity contribution in [1.82, 2.24) is 5.32 Å². The van der Waals surface area contributed by atoms with E-state index in [-0.39, 0.29) is 17.6 Å². The lowest BCUT2D eigenvalue weighted by Crippen LogP contribution is -2.34. The van der Waals surface area contributed by atoms with E-state index >= 15 is 0 Å². The number of para-hydroxylation sites is 1. The minimum atomic E-state index is -0.237. The number of fused-ring (bicyclic) bond motifs is 1. The van der Waals surface area contributed by atoms with Crippen LogP contribution in [-0.4, -0.2) is 38.5 Å². The van der Waals surface area contributed by atoms with Gasteiger partial charge in [-0.1, -0.05) is 18.2 Å². The molecule has 1 aromatic heterocycles. The fourth-order valence-corrected chi connectivity index (χ4v) is 3.89. The number of nitrogens with one attached hydrogen (secondary N) is 1. The van der Waals surface area contributed by atoms with Gasteiger partial charge in [-0.25, -0.2) is 4.99 Å². The normalized spacial score (nSPS) is 16.7. The van der Waals surface area contributed by atoms with Crippen LogP contribution in [0.5, 0.6) is 5.75 Å². The molecule has 1 amide bonds. The van der Waals surface area contributed by atoms with Crippen LogP contribution in [0.15, 0.2) is 62.8 Å². The Morgan fingerprint density at radius 3 is 2.90 bits per heavy atom. The van der Waals surface area contributed by atoms with Crippen molar-refractivity contribution in [3.63, 3.8) is 0 Å². The topological polar surface area (TPSA) is 73.1 Å². The van der Waals surface area contributed by atoms with Crippen LogP contribution in [0.25, 0.3) is 11.0 Å². The second-order valence-corrected chi connectivity index (χ2v) is 7.88. The maximum Gasteiger partial charge on any atom is 0.256 e. The van der Waals surface area contributed by atoms with E-state index in [0.717, 1.165) is 29.7 Å². The van der Waals surface area contributed by atoms with Crippen molar-refractivity contribution in [3.05, 3.63) is 59.6 Å². The lowest BCUT2D eigenvalue weighted by molar-refractivity contribution is 0.0854. The zero-order valence-electron chi connectivity index (χ0n) is 17.0. The van der Waals surface area contributed by atoms with Crippen molar-refractivity contribution in [1.29, 1.82) is 0 Å². The third-order valence-corrected chi connectivity index (χ3v) is 5.73. The van der Waals surface area contributed by atoms with Gasteiger partial charge >= 0.3 is 0 Å². The number of carbonyl (C=O) groups excluding carboxylic acids is 1. The third-order valence-electron chi connectivity index (χ3n) is 5.00. The minimum Gasteiger partial charge on any atom is -0.493 e. The van der Waals surface area contributed by atoms with Gasteiger partial charge in [-0.15, -0.1) is 11.8 Å². The first kappa shape index (κ1) is 20.5. The summed E-state index contributed by atoms with van der Waals surface area (Å²) < 4.78 is 17.1. The number of ether oxygens (including phenoxy) is 2. The van der Waals surface area contributed by atoms with Crippen LogP contribution >= 0.6 is 11.8 Å². The molecule has 30 heavy (non-hydrogen) atoms. The van der Waals surface area contributed by atoms with Crippen LogP contribution < -0.4 is 15.6 Å². The van der Waals surface area contributed by atoms with Crippen molar-refractivity contribution in [3.8, 4) is 5.75 Å². The molecule has 0 aliphatic carbocycles. The summed E-state index contributed by atoms with van der Waals surface area (Å²) in [5, 5.41) is 3.74. The van der Waals surface area contributed by atoms with Gasteiger partial charge in [0, 0.05) is 23.4 Å². The number of benzene rings is 2. The largest absolute Gasteiger partial charge is 0.493 e. The summed E-state index contributed by atoms with van der Waals surface area (Å²) in [5.41, 5.74) is 1.89. The van der Waals surface area contributed by atoms with Crippen molar-refractivity contribution in [2.45, 2.75) is 23.8 Å². The summed E-state index contributed by atoms with van der Waals surface area (Å²) in [5.74, 6) is 0.354. The van der Waals surface area contributed by atoms with Crippen molar-refractivity contribution < 1.29 is 18.7 Å². The minimum absolute atomic E-state index is 0.0603. The second kappa shape index (κ2) is 9.36. The highest BCUT2D eigenvalue weighted by atomic mass is 32.2. The fourth-order valence-electron chi connectivity index (χ4n) is 3.44. The molecule has 1 atom stereocenters. The molecule has 7 heteroatoms. The zero-order valence-corrected chi connectivity index (χ0v) is 17.8. The molecule has 1 saturated heterocycles. The quantitative estimate of drug-likeness (QED) is 0.597. The van der Waals surface area contributed by atoms with Gasteiger partial charge in [0.05, 0.1) is 18.9 Å². The van der Waals surface area contributed by atoms with E-state index in [1.165, 1.54) is 0 Å². The smallest absolute Gasteiger partial charge is 0.256 e. The Balaban J connectivity index is 1.78. The Bertz CT molecular complexity index is 1120. The number of thioether (sulfide) groups is 1. The number of hydrogen-bond donors (Lipinski definition) is 1. The predicted octanol–water partition coefficient (Wildman–Crippen LogP) is 4.30. The molecule has 2 aromatic carbocycles. The van der Waals surface area contributed by atoms with Crippen LogP contribution in [0.3, 0.4) is 0 Å². The van der Waals surface area contributed by atoms with Gasteiger partial charge in [-0.3, -0.25) is 4.79 Å². The number of rotatable bonds is 6. The van der Waals surface area contributed by atoms with Gasteiger partial charge in [-0.2, -0.15) is 0 Å². The van der Waals surface area contributed by atoms with E-state index < -0.39 is 0 Å². The number of methoxy groups -OCH3 is 1. The lowest BCUT2D eigenvalue weighted by Gasteiger charge is -2.12. The highest BCUT2D eigenvalue weighted by Gasteiger charge is 2.19. The predicted molar refractivity (Wildman–Crippen MR) is 118 cm³/mol. The number of amides is 1. The van der Waals surface area contributed by atoms with Gasteiger partial charge in [0.15, 0.2) is 11.3 Å². The molecule has 0 radical (unpaired) electrons. The highest BCUT2D eigenvalue weighted by Crippen LogP contribution is 2.25. The maximum absolute atomic E-state index is 13.0. The monoisotopic (exact) mass is 424 g/mol. The summed E-state index contributed by atoms with van der Waals surface area (Å²) in [6.45, 7) is 1.22. The average Bonchev–Trinajstić information content (AvgIpc) is 3.30. The van der Waals surface area contributed by atoms with Gasteiger partial charge in [-0.05, 0) is 49.4 Å². The molecular formula is C23H24N2O4S. The first-order chi connectivity index (χ1) is 14.7. The molecule has 1 fully saturated rings. The molecule has 156 valence electrons. The standard InChI is InChI=1S/C23H24N2O4S/c1-27-20-10-3-6-15-12-19(22(26)24-14-17-8-5-11-28-17)23(29-21(15)20)25-16-7-4-9-18(13-16)30-2/h3-4,6-7,9-10,12-13,17H,5,8,11,14H2,1-2H3,(H,24,26)/t17-/m1/s1. The van der Waals surface area contributed by atoms with Gasteiger partial charge in [0.1, 0.15) is 5.56 Å². The summed E-state index contributed by atoms with van der Waals surface area (Å²) >= 11 is 1.63. The molecule has 0 spiro atoms. The van der Waals surface area contributed by atoms with Gasteiger partial charge in [0.25, 0.3) is 5.91 Å². The number of nitrogens with zero attached hydrogens (tertiary/aromatic N) is 1. The summed E-state index contributed by atoms with van der Waals surface area (Å²) in [7, 11) is 1.59. The number of hydrogen-bond acceptors (Lipinski definition) is 6. The molecule has 0 unspecified atom stereocenters. The summed E-state index contributed by atoms with van der Waals surface area (Å²) in [4.78, 5) is 18.7. The Hall–Kier alpha value is -2.77. The van der Waals surface area contributed by atoms with Crippen LogP contribution in [0.2, 0.25) is 0 Å². The third kappa shape index (κ3) is 4.52. The van der Waals surface area contributed by atoms with Gasteiger partial charge in [0.2, 0.25) is 5.55 Å². The molecule has 2 heterocycles. The highest BCUT2D eigenvalue weighted by molar-refractivity contribution is 7.98. The van der Waals surface area contributed by atoms with Gasteiger partial charge < -0.3 is 19.2 Å². The first-order valence-electron chi connectivity index (χ1n) is 9.87. The lowest BCUT2D eigenvalue weighted by atomic mass is 10.1. The first-order valence-corrected chi connectivity index (χ1v) is 11.1. The fraction of sp³-hybridized carbons (Fsp3) is 0.304. The molecule has 1 aliphatic rings. The number of carbonyl (C=O) groups is 1. The maximum atomic E-state index is 13.0. The van der Waals surface area contributed by atoms with E-state index in [2.05, 4.69) is 10.3 Å². The Morgan fingerprint density at radius 2 is 2.13 bits per heavy atom. The Kier molecular flexibility index (Phi) is 6.40. The second-order valence-electron chi connectivity index (χ2n) is 7.00. The van der Waals surface area contributed by atoms with E-state index in [1.54, 1.807) is 24.9 Å². The van der Waals surface area contributed by atoms with Crippen LogP contribution in [-0.2, 0) is 4.74 Å². The molecule has 4 rings (SSSR count). The van der Waals surface area contributed by atoms with E-state index in [0.29, 0.717) is 29.1 Å². The molecular weight excluding hydrogens is 400 g/mol. The zero-order chi connectivity index (χ0) is 20.9. The SMILES string of the molecule is COc1cccc2cc(C(=O)NC[C@H]3CCCO3)c(=Nc3cccc(SC)c3)oc12. The molecule has 3 aromatic rings. The molecule has 6 nitrogen and oxygen atoms in total. The van der Waals surface area contributed by atoms with Crippen molar-refractivity contribution in [2.24, 2.45) is 4.99 Å². The average molecular weight is 425 g/mol. The van der Waals surface area contributed by atoms with E-state index in [9.17, 15) is 4.79 Å². The summed E-state index contributed by atoms with van der Waals surface area (Å²) in [6, 6.07) is 15.2. The Morgan fingerprint density at radius 1 is 1.27 bits per heavy atom.